The molecule has 9 heteroatoms. The number of sulfonamides is 1. The number of hydrogen-bond donors (Lipinski definition) is 1. The Morgan fingerprint density at radius 1 is 1.29 bits per heavy atom. The Hall–Kier alpha value is -1.61. The van der Waals surface area contributed by atoms with E-state index in [1.165, 1.54) is 5.51 Å². The molecular weight excluding hydrogens is 272 g/mol. The Kier molecular flexibility index (Phi) is 3.03. The van der Waals surface area contributed by atoms with Crippen molar-refractivity contribution in [2.75, 3.05) is 4.72 Å². The third-order valence-corrected chi connectivity index (χ3v) is 3.88. The van der Waals surface area contributed by atoms with E-state index in [1.54, 1.807) is 0 Å². The lowest BCUT2D eigenvalue weighted by Crippen LogP contribution is -2.15. The van der Waals surface area contributed by atoms with Crippen molar-refractivity contribution in [2.45, 2.75) is 4.90 Å². The number of aromatic nitrogens is 2. The monoisotopic (exact) mass is 277 g/mol. The van der Waals surface area contributed by atoms with Gasteiger partial charge < -0.3 is 0 Å². The van der Waals surface area contributed by atoms with Gasteiger partial charge in [0.1, 0.15) is 10.4 Å². The number of rotatable bonds is 3. The van der Waals surface area contributed by atoms with Gasteiger partial charge in [-0.3, -0.25) is 4.72 Å². The van der Waals surface area contributed by atoms with E-state index in [2.05, 4.69) is 10.2 Å². The van der Waals surface area contributed by atoms with Gasteiger partial charge in [-0.05, 0) is 12.1 Å². The average Bonchev–Trinajstić information content (AvgIpc) is 2.73. The van der Waals surface area contributed by atoms with E-state index in [1.807, 2.05) is 4.72 Å². The molecule has 0 aliphatic carbocycles. The fraction of sp³-hybridized carbons (Fsp3) is 0. The zero-order valence-electron chi connectivity index (χ0n) is 8.09. The second kappa shape index (κ2) is 4.34. The fourth-order valence-electron chi connectivity index (χ4n) is 1.08. The molecule has 0 aliphatic rings. The Morgan fingerprint density at radius 3 is 2.71 bits per heavy atom. The lowest BCUT2D eigenvalue weighted by molar-refractivity contribution is 0.485. The lowest BCUT2D eigenvalue weighted by atomic mass is 10.3. The maximum atomic E-state index is 13.3. The maximum absolute atomic E-state index is 13.3. The zero-order valence-corrected chi connectivity index (χ0v) is 9.73. The molecule has 90 valence electrons. The van der Waals surface area contributed by atoms with Gasteiger partial charge in [0.05, 0.1) is 0 Å². The predicted octanol–water partition coefficient (Wildman–Crippen LogP) is 1.62. The van der Waals surface area contributed by atoms with Crippen LogP contribution in [0.25, 0.3) is 0 Å². The number of nitrogens with one attached hydrogen (secondary N) is 1. The molecule has 0 spiro atoms. The van der Waals surface area contributed by atoms with E-state index in [0.29, 0.717) is 0 Å². The zero-order chi connectivity index (χ0) is 12.5. The van der Waals surface area contributed by atoms with Gasteiger partial charge in [-0.1, -0.05) is 17.4 Å². The highest BCUT2D eigenvalue weighted by atomic mass is 32.2. The molecule has 0 atom stereocenters. The maximum Gasteiger partial charge on any atom is 0.266 e. The largest absolute Gasteiger partial charge is 0.266 e. The van der Waals surface area contributed by atoms with Gasteiger partial charge in [0.15, 0.2) is 11.6 Å². The van der Waals surface area contributed by atoms with E-state index in [9.17, 15) is 17.2 Å². The first-order chi connectivity index (χ1) is 8.00. The van der Waals surface area contributed by atoms with Crippen LogP contribution in [0.4, 0.5) is 13.9 Å². The van der Waals surface area contributed by atoms with Gasteiger partial charge in [0.25, 0.3) is 10.0 Å². The highest BCUT2D eigenvalue weighted by Crippen LogP contribution is 2.20. The van der Waals surface area contributed by atoms with E-state index in [0.717, 1.165) is 29.5 Å². The summed E-state index contributed by atoms with van der Waals surface area (Å²) >= 11 is 0.926. The van der Waals surface area contributed by atoms with E-state index in [-0.39, 0.29) is 5.13 Å². The summed E-state index contributed by atoms with van der Waals surface area (Å²) in [6, 6.07) is 2.90. The SMILES string of the molecule is O=S(=O)(Nc1nncs1)c1cccc(F)c1F. The van der Waals surface area contributed by atoms with Crippen molar-refractivity contribution in [3.63, 3.8) is 0 Å². The molecule has 0 aliphatic heterocycles. The normalized spacial score (nSPS) is 11.4. The minimum Gasteiger partial charge on any atom is -0.253 e. The summed E-state index contributed by atoms with van der Waals surface area (Å²) in [7, 11) is -4.19. The first kappa shape index (κ1) is 11.9. The molecule has 0 amide bonds. The molecule has 5 nitrogen and oxygen atoms in total. The number of halogens is 2. The minimum atomic E-state index is -4.19. The van der Waals surface area contributed by atoms with Gasteiger partial charge in [-0.2, -0.15) is 0 Å². The van der Waals surface area contributed by atoms with Crippen LogP contribution in [0.15, 0.2) is 28.6 Å². The molecule has 1 N–H and O–H groups in total. The van der Waals surface area contributed by atoms with E-state index in [4.69, 9.17) is 0 Å². The van der Waals surface area contributed by atoms with Crippen molar-refractivity contribution < 1.29 is 17.2 Å². The molecule has 0 saturated carbocycles. The highest BCUT2D eigenvalue weighted by Gasteiger charge is 2.22. The van der Waals surface area contributed by atoms with Gasteiger partial charge >= 0.3 is 0 Å². The van der Waals surface area contributed by atoms with Gasteiger partial charge in [-0.25, -0.2) is 17.2 Å². The minimum absolute atomic E-state index is 0.0198. The molecule has 1 aromatic heterocycles. The molecule has 0 fully saturated rings. The molecule has 1 aromatic carbocycles. The molecule has 0 bridgehead atoms. The summed E-state index contributed by atoms with van der Waals surface area (Å²) < 4.78 is 51.6. The smallest absolute Gasteiger partial charge is 0.253 e. The van der Waals surface area contributed by atoms with Crippen LogP contribution in [0.1, 0.15) is 0 Å². The van der Waals surface area contributed by atoms with Crippen LogP contribution in [-0.4, -0.2) is 18.6 Å². The number of benzene rings is 1. The average molecular weight is 277 g/mol. The fourth-order valence-corrected chi connectivity index (χ4v) is 2.86. The summed E-state index contributed by atoms with van der Waals surface area (Å²) in [5.74, 6) is -2.66. The standard InChI is InChI=1S/C8H5F2N3O2S2/c9-5-2-1-3-6(7(5)10)17(14,15)13-8-12-11-4-16-8/h1-4H,(H,12,13). The Morgan fingerprint density at radius 2 is 2.06 bits per heavy atom. The number of hydrogen-bond acceptors (Lipinski definition) is 5. The topological polar surface area (TPSA) is 72.0 Å². The summed E-state index contributed by atoms with van der Waals surface area (Å²) in [5, 5.41) is 6.84. The number of anilines is 1. The molecule has 0 radical (unpaired) electrons. The van der Waals surface area contributed by atoms with Crippen LogP contribution in [0.2, 0.25) is 0 Å². The Bertz CT molecular complexity index is 628. The van der Waals surface area contributed by atoms with Crippen molar-refractivity contribution in [3.05, 3.63) is 35.3 Å². The van der Waals surface area contributed by atoms with Crippen molar-refractivity contribution in [1.29, 1.82) is 0 Å². The molecule has 2 aromatic rings. The van der Waals surface area contributed by atoms with Crippen molar-refractivity contribution >= 4 is 26.5 Å². The molecular formula is C8H5F2N3O2S2. The van der Waals surface area contributed by atoms with Crippen LogP contribution < -0.4 is 4.72 Å². The predicted molar refractivity (Wildman–Crippen MR) is 57.1 cm³/mol. The van der Waals surface area contributed by atoms with Gasteiger partial charge in [-0.15, -0.1) is 10.2 Å². The first-order valence-corrected chi connectivity index (χ1v) is 6.60. The number of nitrogens with zero attached hydrogens (tertiary/aromatic N) is 2. The van der Waals surface area contributed by atoms with Crippen molar-refractivity contribution in [3.8, 4) is 0 Å². The van der Waals surface area contributed by atoms with E-state index < -0.39 is 26.6 Å². The summed E-state index contributed by atoms with van der Waals surface area (Å²) in [6.07, 6.45) is 0. The molecule has 0 unspecified atom stereocenters. The summed E-state index contributed by atoms with van der Waals surface area (Å²) in [4.78, 5) is -0.771. The first-order valence-electron chi connectivity index (χ1n) is 4.24. The second-order valence-corrected chi connectivity index (χ2v) is 5.39. The molecule has 17 heavy (non-hydrogen) atoms. The molecule has 2 rings (SSSR count). The Labute approximate surface area is 99.2 Å². The third kappa shape index (κ3) is 2.39. The summed E-state index contributed by atoms with van der Waals surface area (Å²) in [6.45, 7) is 0. The van der Waals surface area contributed by atoms with Crippen LogP contribution in [0.5, 0.6) is 0 Å². The lowest BCUT2D eigenvalue weighted by Gasteiger charge is -2.05. The third-order valence-electron chi connectivity index (χ3n) is 1.79. The second-order valence-electron chi connectivity index (χ2n) is 2.90. The van der Waals surface area contributed by atoms with Crippen LogP contribution in [0.3, 0.4) is 0 Å². The van der Waals surface area contributed by atoms with Gasteiger partial charge in [0.2, 0.25) is 5.13 Å². The van der Waals surface area contributed by atoms with Crippen molar-refractivity contribution in [1.82, 2.24) is 10.2 Å². The quantitative estimate of drug-likeness (QED) is 0.925. The highest BCUT2D eigenvalue weighted by molar-refractivity contribution is 7.93. The van der Waals surface area contributed by atoms with Crippen molar-refractivity contribution in [2.24, 2.45) is 0 Å². The van der Waals surface area contributed by atoms with E-state index >= 15 is 0 Å². The van der Waals surface area contributed by atoms with Crippen LogP contribution in [0, 0.1) is 11.6 Å². The van der Waals surface area contributed by atoms with Crippen LogP contribution in [-0.2, 0) is 10.0 Å². The summed E-state index contributed by atoms with van der Waals surface area (Å²) in [5.41, 5.74) is 1.31. The van der Waals surface area contributed by atoms with Gasteiger partial charge in [0, 0.05) is 0 Å². The Balaban J connectivity index is 2.42. The molecule has 0 saturated heterocycles. The molecule has 1 heterocycles. The van der Waals surface area contributed by atoms with Crippen LogP contribution >= 0.6 is 11.3 Å².